The van der Waals surface area contributed by atoms with E-state index in [0.29, 0.717) is 5.92 Å². The fourth-order valence-electron chi connectivity index (χ4n) is 1.41. The predicted octanol–water partition coefficient (Wildman–Crippen LogP) is 2.13. The van der Waals surface area contributed by atoms with Crippen molar-refractivity contribution in [2.24, 2.45) is 5.92 Å². The minimum absolute atomic E-state index is 0.124. The first-order chi connectivity index (χ1) is 6.25. The first-order valence-corrected chi connectivity index (χ1v) is 4.50. The summed E-state index contributed by atoms with van der Waals surface area (Å²) in [6.07, 6.45) is 0.762. The summed E-state index contributed by atoms with van der Waals surface area (Å²) >= 11 is 0. The van der Waals surface area contributed by atoms with Gasteiger partial charge in [-0.25, -0.2) is 0 Å². The second kappa shape index (κ2) is 4.65. The molecule has 1 unspecified atom stereocenters. The molecular weight excluding hydrogens is 162 g/mol. The number of hydrogen-bond donors (Lipinski definition) is 1. The van der Waals surface area contributed by atoms with Gasteiger partial charge in [-0.2, -0.15) is 0 Å². The van der Waals surface area contributed by atoms with Crippen LogP contribution in [-0.4, -0.2) is 6.41 Å². The maximum atomic E-state index is 10.4. The van der Waals surface area contributed by atoms with E-state index in [1.807, 2.05) is 30.3 Å². The molecule has 0 aromatic heterocycles. The highest BCUT2D eigenvalue weighted by molar-refractivity contribution is 5.47. The summed E-state index contributed by atoms with van der Waals surface area (Å²) < 4.78 is 0. The average molecular weight is 177 g/mol. The van der Waals surface area contributed by atoms with Crippen LogP contribution in [0.25, 0.3) is 0 Å². The maximum absolute atomic E-state index is 10.4. The first-order valence-electron chi connectivity index (χ1n) is 4.50. The molecule has 1 N–H and O–H groups in total. The van der Waals surface area contributed by atoms with E-state index in [2.05, 4.69) is 19.2 Å². The Bertz CT molecular complexity index is 256. The van der Waals surface area contributed by atoms with Crippen molar-refractivity contribution in [1.29, 1.82) is 0 Å². The van der Waals surface area contributed by atoms with Crippen LogP contribution in [0.2, 0.25) is 0 Å². The minimum atomic E-state index is 0.124. The summed E-state index contributed by atoms with van der Waals surface area (Å²) in [7, 11) is 0. The topological polar surface area (TPSA) is 29.1 Å². The summed E-state index contributed by atoms with van der Waals surface area (Å²) in [5.74, 6) is 0.410. The molecule has 0 radical (unpaired) electrons. The number of hydrogen-bond acceptors (Lipinski definition) is 1. The fourth-order valence-corrected chi connectivity index (χ4v) is 1.41. The Hall–Kier alpha value is -1.31. The van der Waals surface area contributed by atoms with Crippen LogP contribution in [0.5, 0.6) is 0 Å². The van der Waals surface area contributed by atoms with Crippen molar-refractivity contribution in [2.45, 2.75) is 19.9 Å². The van der Waals surface area contributed by atoms with Crippen LogP contribution in [-0.2, 0) is 4.79 Å². The highest BCUT2D eigenvalue weighted by Gasteiger charge is 2.13. The van der Waals surface area contributed by atoms with Gasteiger partial charge in [0.05, 0.1) is 6.04 Å². The predicted molar refractivity (Wildman–Crippen MR) is 53.2 cm³/mol. The van der Waals surface area contributed by atoms with E-state index >= 15 is 0 Å². The van der Waals surface area contributed by atoms with Gasteiger partial charge in [0.25, 0.3) is 0 Å². The van der Waals surface area contributed by atoms with Crippen molar-refractivity contribution >= 4 is 6.41 Å². The molecule has 1 aromatic rings. The van der Waals surface area contributed by atoms with Gasteiger partial charge in [-0.1, -0.05) is 44.2 Å². The molecule has 70 valence electrons. The third-order valence-corrected chi connectivity index (χ3v) is 2.07. The number of carbonyl (C=O) groups excluding carboxylic acids is 1. The lowest BCUT2D eigenvalue weighted by Gasteiger charge is -2.20. The van der Waals surface area contributed by atoms with Crippen molar-refractivity contribution < 1.29 is 4.79 Å². The summed E-state index contributed by atoms with van der Waals surface area (Å²) in [4.78, 5) is 10.4. The van der Waals surface area contributed by atoms with Crippen LogP contribution < -0.4 is 5.32 Å². The molecule has 0 aliphatic heterocycles. The highest BCUT2D eigenvalue weighted by Crippen LogP contribution is 2.20. The Morgan fingerprint density at radius 3 is 2.31 bits per heavy atom. The molecular formula is C11H15NO. The van der Waals surface area contributed by atoms with Crippen molar-refractivity contribution in [3.05, 3.63) is 35.9 Å². The number of carbonyl (C=O) groups is 1. The molecule has 0 heterocycles. The van der Waals surface area contributed by atoms with E-state index in [0.717, 1.165) is 12.0 Å². The molecule has 1 aromatic carbocycles. The molecule has 1 rings (SSSR count). The minimum Gasteiger partial charge on any atom is -0.352 e. The lowest BCUT2D eigenvalue weighted by molar-refractivity contribution is -0.110. The maximum Gasteiger partial charge on any atom is 0.207 e. The van der Waals surface area contributed by atoms with Crippen molar-refractivity contribution in [3.63, 3.8) is 0 Å². The standard InChI is InChI=1S/C11H15NO/c1-9(2)11(12-8-13)10-6-4-3-5-7-10/h3-9,11H,1-2H3,(H,12,13). The number of rotatable bonds is 4. The molecule has 1 amide bonds. The Morgan fingerprint density at radius 2 is 1.85 bits per heavy atom. The largest absolute Gasteiger partial charge is 0.352 e. The second-order valence-electron chi connectivity index (χ2n) is 3.42. The zero-order valence-electron chi connectivity index (χ0n) is 8.03. The van der Waals surface area contributed by atoms with Gasteiger partial charge >= 0.3 is 0 Å². The Labute approximate surface area is 79.0 Å². The normalized spacial score (nSPS) is 12.5. The molecule has 0 saturated carbocycles. The lowest BCUT2D eigenvalue weighted by Crippen LogP contribution is -2.24. The molecule has 2 nitrogen and oxygen atoms in total. The van der Waals surface area contributed by atoms with Gasteiger partial charge in [-0.15, -0.1) is 0 Å². The van der Waals surface area contributed by atoms with E-state index in [1.54, 1.807) is 0 Å². The van der Waals surface area contributed by atoms with Crippen molar-refractivity contribution in [2.75, 3.05) is 0 Å². The summed E-state index contributed by atoms with van der Waals surface area (Å²) in [5.41, 5.74) is 1.16. The zero-order chi connectivity index (χ0) is 9.68. The Kier molecular flexibility index (Phi) is 3.50. The quantitative estimate of drug-likeness (QED) is 0.701. The van der Waals surface area contributed by atoms with E-state index in [4.69, 9.17) is 0 Å². The Balaban J connectivity index is 2.82. The molecule has 13 heavy (non-hydrogen) atoms. The van der Waals surface area contributed by atoms with Gasteiger partial charge in [-0.3, -0.25) is 4.79 Å². The average Bonchev–Trinajstić information content (AvgIpc) is 2.15. The zero-order valence-corrected chi connectivity index (χ0v) is 8.03. The van der Waals surface area contributed by atoms with Crippen LogP contribution in [0.3, 0.4) is 0 Å². The van der Waals surface area contributed by atoms with Crippen LogP contribution in [0, 0.1) is 5.92 Å². The first kappa shape index (κ1) is 9.78. The van der Waals surface area contributed by atoms with E-state index < -0.39 is 0 Å². The molecule has 2 heteroatoms. The van der Waals surface area contributed by atoms with E-state index in [-0.39, 0.29) is 6.04 Å². The SMILES string of the molecule is CC(C)C(NC=O)c1ccccc1. The molecule has 0 aliphatic rings. The molecule has 1 atom stereocenters. The second-order valence-corrected chi connectivity index (χ2v) is 3.42. The highest BCUT2D eigenvalue weighted by atomic mass is 16.1. The van der Waals surface area contributed by atoms with Gasteiger partial charge in [0.2, 0.25) is 6.41 Å². The smallest absolute Gasteiger partial charge is 0.207 e. The summed E-state index contributed by atoms with van der Waals surface area (Å²) in [6.45, 7) is 4.18. The summed E-state index contributed by atoms with van der Waals surface area (Å²) in [6, 6.07) is 10.1. The van der Waals surface area contributed by atoms with Crippen molar-refractivity contribution in [3.8, 4) is 0 Å². The Morgan fingerprint density at radius 1 is 1.23 bits per heavy atom. The van der Waals surface area contributed by atoms with Gasteiger partial charge in [-0.05, 0) is 11.5 Å². The van der Waals surface area contributed by atoms with Gasteiger partial charge < -0.3 is 5.32 Å². The lowest BCUT2D eigenvalue weighted by atomic mass is 9.96. The third kappa shape index (κ3) is 2.58. The van der Waals surface area contributed by atoms with Gasteiger partial charge in [0, 0.05) is 0 Å². The van der Waals surface area contributed by atoms with Crippen LogP contribution in [0.4, 0.5) is 0 Å². The monoisotopic (exact) mass is 177 g/mol. The molecule has 0 aliphatic carbocycles. The van der Waals surface area contributed by atoms with Gasteiger partial charge in [0.15, 0.2) is 0 Å². The number of benzene rings is 1. The number of amides is 1. The van der Waals surface area contributed by atoms with E-state index in [1.165, 1.54) is 0 Å². The summed E-state index contributed by atoms with van der Waals surface area (Å²) in [5, 5.41) is 2.82. The molecule has 0 fully saturated rings. The molecule has 0 bridgehead atoms. The number of nitrogens with one attached hydrogen (secondary N) is 1. The van der Waals surface area contributed by atoms with Crippen LogP contribution >= 0.6 is 0 Å². The molecule has 0 spiro atoms. The van der Waals surface area contributed by atoms with Crippen LogP contribution in [0.1, 0.15) is 25.5 Å². The molecule has 0 saturated heterocycles. The van der Waals surface area contributed by atoms with Crippen molar-refractivity contribution in [1.82, 2.24) is 5.32 Å². The third-order valence-electron chi connectivity index (χ3n) is 2.07. The fraction of sp³-hybridized carbons (Fsp3) is 0.364. The van der Waals surface area contributed by atoms with E-state index in [9.17, 15) is 4.79 Å². The van der Waals surface area contributed by atoms with Gasteiger partial charge in [0.1, 0.15) is 0 Å². The van der Waals surface area contributed by atoms with Crippen LogP contribution in [0.15, 0.2) is 30.3 Å².